The number of carbonyl (C=O) groups is 3. The molecule has 4 N–H and O–H groups in total. The van der Waals surface area contributed by atoms with Crippen molar-refractivity contribution in [2.45, 2.75) is 58.2 Å². The molecule has 0 aromatic heterocycles. The van der Waals surface area contributed by atoms with Crippen LogP contribution in [0.1, 0.15) is 50.0 Å². The molecule has 0 saturated carbocycles. The topological polar surface area (TPSA) is 128 Å². The van der Waals surface area contributed by atoms with E-state index in [9.17, 15) is 24.6 Å². The van der Waals surface area contributed by atoms with Crippen molar-refractivity contribution in [1.82, 2.24) is 10.6 Å². The van der Waals surface area contributed by atoms with Crippen LogP contribution in [0.5, 0.6) is 0 Å². The molecular weight excluding hydrogens is 400 g/mol. The first-order chi connectivity index (χ1) is 14.6. The average Bonchev–Trinajstić information content (AvgIpc) is 3.51. The number of nitrogens with one attached hydrogen (secondary N) is 2. The van der Waals surface area contributed by atoms with Crippen LogP contribution >= 0.6 is 0 Å². The normalized spacial score (nSPS) is 19.7. The van der Waals surface area contributed by atoms with Crippen molar-refractivity contribution in [3.05, 3.63) is 35.4 Å². The van der Waals surface area contributed by atoms with Crippen LogP contribution in [-0.2, 0) is 20.7 Å². The number of Topliss-reactive ketones (excluding diaryl/α,β-unsaturated/α-hetero) is 1. The third-order valence-electron chi connectivity index (χ3n) is 5.17. The molecule has 1 heterocycles. The Morgan fingerprint density at radius 1 is 1.06 bits per heavy atom. The van der Waals surface area contributed by atoms with Crippen LogP contribution in [0, 0.1) is 11.8 Å². The van der Waals surface area contributed by atoms with Crippen molar-refractivity contribution in [3.63, 3.8) is 0 Å². The Labute approximate surface area is 183 Å². The summed E-state index contributed by atoms with van der Waals surface area (Å²) in [6.45, 7) is 7.02. The van der Waals surface area contributed by atoms with Crippen LogP contribution in [0.15, 0.2) is 24.3 Å². The molecule has 3 unspecified atom stereocenters. The zero-order chi connectivity index (χ0) is 23.2. The third-order valence-corrected chi connectivity index (χ3v) is 5.17. The summed E-state index contributed by atoms with van der Waals surface area (Å²) < 4.78 is 5.13. The quantitative estimate of drug-likeness (QED) is 0.361. The first kappa shape index (κ1) is 25.0. The largest absolute Gasteiger partial charge is 0.394 e. The molecule has 2 amide bonds. The number of hydrogen-bond donors (Lipinski definition) is 4. The molecule has 172 valence electrons. The van der Waals surface area contributed by atoms with Gasteiger partial charge in [-0.2, -0.15) is 0 Å². The number of carbonyl (C=O) groups excluding carboxylic acids is 3. The van der Waals surface area contributed by atoms with Gasteiger partial charge in [-0.1, -0.05) is 39.8 Å². The van der Waals surface area contributed by atoms with Gasteiger partial charge in [0.25, 0.3) is 5.91 Å². The van der Waals surface area contributed by atoms with Gasteiger partial charge in [-0.3, -0.25) is 14.4 Å². The minimum atomic E-state index is -1.26. The van der Waals surface area contributed by atoms with E-state index in [0.717, 1.165) is 12.0 Å². The second kappa shape index (κ2) is 10.8. The van der Waals surface area contributed by atoms with E-state index in [0.29, 0.717) is 17.9 Å². The Kier molecular flexibility index (Phi) is 8.73. The fraction of sp³-hybridized carbons (Fsp3) is 0.609. The molecule has 0 aliphatic carbocycles. The van der Waals surface area contributed by atoms with Crippen molar-refractivity contribution < 1.29 is 29.3 Å². The van der Waals surface area contributed by atoms with Crippen LogP contribution in [-0.4, -0.2) is 65.3 Å². The van der Waals surface area contributed by atoms with Crippen molar-refractivity contribution in [2.24, 2.45) is 11.8 Å². The summed E-state index contributed by atoms with van der Waals surface area (Å²) in [5, 5.41) is 24.3. The molecule has 0 spiro atoms. The lowest BCUT2D eigenvalue weighted by atomic mass is 9.92. The van der Waals surface area contributed by atoms with Gasteiger partial charge < -0.3 is 25.6 Å². The number of benzene rings is 1. The highest BCUT2D eigenvalue weighted by Gasteiger charge is 2.54. The van der Waals surface area contributed by atoms with Crippen molar-refractivity contribution in [1.29, 1.82) is 0 Å². The Hall–Kier alpha value is -2.29. The van der Waals surface area contributed by atoms with E-state index in [-0.39, 0.29) is 12.5 Å². The third kappa shape index (κ3) is 6.85. The molecule has 0 bridgehead atoms. The molecule has 8 nitrogen and oxygen atoms in total. The van der Waals surface area contributed by atoms with E-state index in [1.165, 1.54) is 0 Å². The summed E-state index contributed by atoms with van der Waals surface area (Å²) in [7, 11) is 0. The minimum absolute atomic E-state index is 0.0922. The molecule has 1 fully saturated rings. The first-order valence-electron chi connectivity index (χ1n) is 10.7. The van der Waals surface area contributed by atoms with Crippen LogP contribution in [0.25, 0.3) is 0 Å². The highest BCUT2D eigenvalue weighted by atomic mass is 16.6. The highest BCUT2D eigenvalue weighted by molar-refractivity contribution is 6.00. The van der Waals surface area contributed by atoms with Crippen LogP contribution in [0.3, 0.4) is 0 Å². The Morgan fingerprint density at radius 2 is 1.74 bits per heavy atom. The molecule has 1 aromatic rings. The summed E-state index contributed by atoms with van der Waals surface area (Å²) in [6, 6.07) is 5.03. The van der Waals surface area contributed by atoms with Gasteiger partial charge in [0.05, 0.1) is 25.9 Å². The van der Waals surface area contributed by atoms with E-state index >= 15 is 0 Å². The number of hydrogen-bond acceptors (Lipinski definition) is 6. The molecule has 2 rings (SSSR count). The Bertz CT molecular complexity index is 788. The molecule has 3 atom stereocenters. The number of aliphatic hydroxyl groups excluding tert-OH is 2. The van der Waals surface area contributed by atoms with E-state index in [1.54, 1.807) is 18.2 Å². The predicted molar refractivity (Wildman–Crippen MR) is 115 cm³/mol. The number of epoxide rings is 1. The predicted octanol–water partition coefficient (Wildman–Crippen LogP) is 0.837. The number of ketones is 1. The van der Waals surface area contributed by atoms with Crippen LogP contribution in [0.4, 0.5) is 0 Å². The molecule has 0 radical (unpaired) electrons. The van der Waals surface area contributed by atoms with E-state index in [2.05, 4.69) is 24.5 Å². The first-order valence-corrected chi connectivity index (χ1v) is 10.7. The van der Waals surface area contributed by atoms with Gasteiger partial charge in [-0.15, -0.1) is 0 Å². The van der Waals surface area contributed by atoms with Gasteiger partial charge in [0.15, 0.2) is 11.4 Å². The fourth-order valence-electron chi connectivity index (χ4n) is 3.44. The monoisotopic (exact) mass is 434 g/mol. The lowest BCUT2D eigenvalue weighted by molar-refractivity contribution is -0.133. The average molecular weight is 435 g/mol. The second-order valence-corrected chi connectivity index (χ2v) is 9.00. The van der Waals surface area contributed by atoms with Crippen LogP contribution in [0.2, 0.25) is 0 Å². The van der Waals surface area contributed by atoms with E-state index in [4.69, 9.17) is 4.74 Å². The number of aliphatic hydroxyl groups is 2. The zero-order valence-corrected chi connectivity index (χ0v) is 18.7. The van der Waals surface area contributed by atoms with Gasteiger partial charge in [0.1, 0.15) is 6.04 Å². The lowest BCUT2D eigenvalue weighted by Crippen LogP contribution is -2.55. The summed E-state index contributed by atoms with van der Waals surface area (Å²) in [5.41, 5.74) is 0.139. The standard InChI is InChI=1S/C23H34N2O6/c1-14(2)8-16-6-5-7-17(10-16)21(29)25-19(11-26)22(30)24-18(9-15(3)4)20(28)23(12-27)13-31-23/h5-7,10,14-15,18-19,26-27H,8-9,11-13H2,1-4H3,(H,24,30)(H,25,29). The highest BCUT2D eigenvalue weighted by Crippen LogP contribution is 2.30. The maximum atomic E-state index is 12.8. The number of rotatable bonds is 12. The molecule has 8 heteroatoms. The summed E-state index contributed by atoms with van der Waals surface area (Å²) in [5.74, 6) is -1.02. The zero-order valence-electron chi connectivity index (χ0n) is 18.7. The summed E-state index contributed by atoms with van der Waals surface area (Å²) in [4.78, 5) is 38.2. The van der Waals surface area contributed by atoms with Gasteiger partial charge in [-0.05, 0) is 42.4 Å². The minimum Gasteiger partial charge on any atom is -0.394 e. The number of amides is 2. The fourth-order valence-corrected chi connectivity index (χ4v) is 3.44. The number of ether oxygens (including phenoxy) is 1. The van der Waals surface area contributed by atoms with Gasteiger partial charge in [-0.25, -0.2) is 0 Å². The Balaban J connectivity index is 2.07. The summed E-state index contributed by atoms with van der Waals surface area (Å²) >= 11 is 0. The SMILES string of the molecule is CC(C)Cc1cccc(C(=O)NC(CO)C(=O)NC(CC(C)C)C(=O)C2(CO)CO2)c1. The Morgan fingerprint density at radius 3 is 2.26 bits per heavy atom. The molecule has 31 heavy (non-hydrogen) atoms. The smallest absolute Gasteiger partial charge is 0.252 e. The molecular formula is C23H34N2O6. The molecule has 1 aliphatic rings. The summed E-state index contributed by atoms with van der Waals surface area (Å²) in [6.07, 6.45) is 1.16. The van der Waals surface area contributed by atoms with Crippen molar-refractivity contribution in [2.75, 3.05) is 19.8 Å². The maximum absolute atomic E-state index is 12.8. The molecule has 1 aliphatic heterocycles. The lowest BCUT2D eigenvalue weighted by Gasteiger charge is -2.24. The van der Waals surface area contributed by atoms with Gasteiger partial charge in [0.2, 0.25) is 5.91 Å². The molecule has 1 saturated heterocycles. The van der Waals surface area contributed by atoms with Gasteiger partial charge >= 0.3 is 0 Å². The van der Waals surface area contributed by atoms with E-state index < -0.39 is 48.5 Å². The van der Waals surface area contributed by atoms with Gasteiger partial charge in [0, 0.05) is 5.56 Å². The molecule has 1 aromatic carbocycles. The second-order valence-electron chi connectivity index (χ2n) is 9.00. The maximum Gasteiger partial charge on any atom is 0.252 e. The van der Waals surface area contributed by atoms with Crippen LogP contribution < -0.4 is 10.6 Å². The van der Waals surface area contributed by atoms with E-state index in [1.807, 2.05) is 19.9 Å². The van der Waals surface area contributed by atoms with Crippen molar-refractivity contribution >= 4 is 17.6 Å². The van der Waals surface area contributed by atoms with Crippen molar-refractivity contribution in [3.8, 4) is 0 Å².